The van der Waals surface area contributed by atoms with Crippen LogP contribution in [0.2, 0.25) is 5.02 Å². The Morgan fingerprint density at radius 2 is 1.67 bits per heavy atom. The fourth-order valence-corrected chi connectivity index (χ4v) is 2.59. The molecule has 0 unspecified atom stereocenters. The van der Waals surface area contributed by atoms with Crippen LogP contribution in [0.5, 0.6) is 11.5 Å². The molecule has 2 nitrogen and oxygen atoms in total. The summed E-state index contributed by atoms with van der Waals surface area (Å²) < 4.78 is 6.04. The Balaban J connectivity index is 2.04. The molecule has 0 bridgehead atoms. The van der Waals surface area contributed by atoms with Gasteiger partial charge in [0.1, 0.15) is 11.5 Å². The highest BCUT2D eigenvalue weighted by Gasteiger charge is 2.08. The van der Waals surface area contributed by atoms with Crippen LogP contribution in [0.3, 0.4) is 0 Å². The van der Waals surface area contributed by atoms with Crippen LogP contribution in [0.1, 0.15) is 11.1 Å². The maximum absolute atomic E-state index is 9.16. The van der Waals surface area contributed by atoms with Crippen molar-refractivity contribution in [1.82, 2.24) is 0 Å². The largest absolute Gasteiger partial charge is 0.456 e. The van der Waals surface area contributed by atoms with E-state index in [0.717, 1.165) is 33.4 Å². The highest BCUT2D eigenvalue weighted by Crippen LogP contribution is 2.35. The number of aryl methyl sites for hydroxylation is 1. The minimum atomic E-state index is 0.0327. The first kappa shape index (κ1) is 13.9. The molecule has 3 aromatic carbocycles. The van der Waals surface area contributed by atoms with Crippen molar-refractivity contribution in [3.05, 3.63) is 70.7 Å². The van der Waals surface area contributed by atoms with Gasteiger partial charge in [-0.3, -0.25) is 0 Å². The van der Waals surface area contributed by atoms with E-state index in [9.17, 15) is 0 Å². The minimum Gasteiger partial charge on any atom is -0.456 e. The number of ether oxygens (including phenoxy) is 1. The average Bonchev–Trinajstić information content (AvgIpc) is 2.52. The lowest BCUT2D eigenvalue weighted by atomic mass is 10.1. The number of aliphatic hydroxyl groups excluding tert-OH is 1. The molecule has 3 rings (SSSR count). The Bertz CT molecular complexity index is 796. The topological polar surface area (TPSA) is 29.5 Å². The van der Waals surface area contributed by atoms with Crippen molar-refractivity contribution in [3.63, 3.8) is 0 Å². The molecular weight excluding hydrogens is 284 g/mol. The van der Waals surface area contributed by atoms with E-state index >= 15 is 0 Å². The van der Waals surface area contributed by atoms with Crippen molar-refractivity contribution < 1.29 is 9.84 Å². The summed E-state index contributed by atoms with van der Waals surface area (Å²) in [5.74, 6) is 1.55. The zero-order valence-corrected chi connectivity index (χ0v) is 12.4. The van der Waals surface area contributed by atoms with Crippen molar-refractivity contribution in [2.75, 3.05) is 0 Å². The van der Waals surface area contributed by atoms with Crippen LogP contribution >= 0.6 is 11.6 Å². The van der Waals surface area contributed by atoms with E-state index in [-0.39, 0.29) is 6.61 Å². The maximum Gasteiger partial charge on any atom is 0.135 e. The zero-order valence-electron chi connectivity index (χ0n) is 11.6. The molecule has 3 aromatic rings. The van der Waals surface area contributed by atoms with Gasteiger partial charge in [0, 0.05) is 15.8 Å². The van der Waals surface area contributed by atoms with Crippen LogP contribution < -0.4 is 4.74 Å². The molecule has 0 saturated carbocycles. The zero-order chi connectivity index (χ0) is 14.8. The number of halogens is 1. The summed E-state index contributed by atoms with van der Waals surface area (Å²) in [7, 11) is 0. The van der Waals surface area contributed by atoms with Gasteiger partial charge < -0.3 is 9.84 Å². The molecule has 0 fully saturated rings. The Hall–Kier alpha value is -2.03. The molecule has 0 spiro atoms. The van der Waals surface area contributed by atoms with Gasteiger partial charge in [-0.2, -0.15) is 0 Å². The number of fused-ring (bicyclic) bond motifs is 1. The van der Waals surface area contributed by atoms with Crippen LogP contribution in [-0.2, 0) is 6.61 Å². The van der Waals surface area contributed by atoms with E-state index in [1.807, 2.05) is 61.5 Å². The monoisotopic (exact) mass is 298 g/mol. The molecule has 0 heterocycles. The van der Waals surface area contributed by atoms with Crippen LogP contribution in [0.15, 0.2) is 54.6 Å². The van der Waals surface area contributed by atoms with Crippen molar-refractivity contribution in [2.45, 2.75) is 13.5 Å². The molecule has 0 aliphatic rings. The first-order valence-corrected chi connectivity index (χ1v) is 7.12. The summed E-state index contributed by atoms with van der Waals surface area (Å²) in [6, 6.07) is 17.3. The van der Waals surface area contributed by atoms with Gasteiger partial charge in [0.05, 0.1) is 6.61 Å². The smallest absolute Gasteiger partial charge is 0.135 e. The first-order chi connectivity index (χ1) is 10.2. The lowest BCUT2D eigenvalue weighted by Crippen LogP contribution is -1.91. The number of benzene rings is 3. The molecule has 0 aromatic heterocycles. The first-order valence-electron chi connectivity index (χ1n) is 6.74. The van der Waals surface area contributed by atoms with E-state index in [1.165, 1.54) is 0 Å². The molecule has 21 heavy (non-hydrogen) atoms. The van der Waals surface area contributed by atoms with Crippen LogP contribution in [-0.4, -0.2) is 5.11 Å². The third-order valence-electron chi connectivity index (χ3n) is 3.47. The Morgan fingerprint density at radius 1 is 0.952 bits per heavy atom. The third kappa shape index (κ3) is 2.73. The van der Waals surface area contributed by atoms with Gasteiger partial charge in [0.15, 0.2) is 0 Å². The standard InChI is InChI=1S/C18H15ClO2/c1-12-10-13(11-20)6-8-17(12)21-18-9-7-16(19)14-4-2-3-5-15(14)18/h2-10,20H,11H2,1H3. The second kappa shape index (κ2) is 5.76. The van der Waals surface area contributed by atoms with Gasteiger partial charge in [-0.05, 0) is 36.2 Å². The lowest BCUT2D eigenvalue weighted by molar-refractivity contribution is 0.281. The van der Waals surface area contributed by atoms with E-state index in [0.29, 0.717) is 5.02 Å². The molecule has 0 saturated heterocycles. The van der Waals surface area contributed by atoms with Gasteiger partial charge in [-0.25, -0.2) is 0 Å². The highest BCUT2D eigenvalue weighted by atomic mass is 35.5. The summed E-state index contributed by atoms with van der Waals surface area (Å²) in [5, 5.41) is 11.8. The van der Waals surface area contributed by atoms with E-state index in [1.54, 1.807) is 0 Å². The summed E-state index contributed by atoms with van der Waals surface area (Å²) in [5.41, 5.74) is 1.86. The molecular formula is C18H15ClO2. The van der Waals surface area contributed by atoms with Crippen LogP contribution in [0.4, 0.5) is 0 Å². The second-order valence-corrected chi connectivity index (χ2v) is 5.36. The van der Waals surface area contributed by atoms with Gasteiger partial charge in [0.25, 0.3) is 0 Å². The fraction of sp³-hybridized carbons (Fsp3) is 0.111. The van der Waals surface area contributed by atoms with Gasteiger partial charge >= 0.3 is 0 Å². The minimum absolute atomic E-state index is 0.0327. The van der Waals surface area contributed by atoms with Crippen molar-refractivity contribution in [3.8, 4) is 11.5 Å². The van der Waals surface area contributed by atoms with Crippen LogP contribution in [0, 0.1) is 6.92 Å². The van der Waals surface area contributed by atoms with E-state index in [2.05, 4.69) is 0 Å². The van der Waals surface area contributed by atoms with Gasteiger partial charge in [-0.1, -0.05) is 48.0 Å². The van der Waals surface area contributed by atoms with Crippen LogP contribution in [0.25, 0.3) is 10.8 Å². The molecule has 106 valence electrons. The Kier molecular flexibility index (Phi) is 3.82. The third-order valence-corrected chi connectivity index (χ3v) is 3.80. The fourth-order valence-electron chi connectivity index (χ4n) is 2.37. The average molecular weight is 299 g/mol. The molecule has 1 N–H and O–H groups in total. The van der Waals surface area contributed by atoms with Gasteiger partial charge in [-0.15, -0.1) is 0 Å². The van der Waals surface area contributed by atoms with E-state index < -0.39 is 0 Å². The molecule has 0 aliphatic carbocycles. The van der Waals surface area contributed by atoms with E-state index in [4.69, 9.17) is 21.4 Å². The van der Waals surface area contributed by atoms with Gasteiger partial charge in [0.2, 0.25) is 0 Å². The quantitative estimate of drug-likeness (QED) is 0.730. The molecule has 0 radical (unpaired) electrons. The predicted octanol–water partition coefficient (Wildman–Crippen LogP) is 5.09. The molecule has 0 atom stereocenters. The summed E-state index contributed by atoms with van der Waals surface area (Å²) in [6.07, 6.45) is 0. The summed E-state index contributed by atoms with van der Waals surface area (Å²) in [6.45, 7) is 2.00. The normalized spacial score (nSPS) is 10.8. The molecule has 0 amide bonds. The predicted molar refractivity (Wildman–Crippen MR) is 86.1 cm³/mol. The van der Waals surface area contributed by atoms with Crippen molar-refractivity contribution in [2.24, 2.45) is 0 Å². The number of aliphatic hydroxyl groups is 1. The summed E-state index contributed by atoms with van der Waals surface area (Å²) >= 11 is 6.22. The number of rotatable bonds is 3. The Morgan fingerprint density at radius 3 is 2.38 bits per heavy atom. The number of hydrogen-bond acceptors (Lipinski definition) is 2. The summed E-state index contributed by atoms with van der Waals surface area (Å²) in [4.78, 5) is 0. The Labute approximate surface area is 128 Å². The SMILES string of the molecule is Cc1cc(CO)ccc1Oc1ccc(Cl)c2ccccc12. The highest BCUT2D eigenvalue weighted by molar-refractivity contribution is 6.35. The van der Waals surface area contributed by atoms with Crippen molar-refractivity contribution >= 4 is 22.4 Å². The molecule has 3 heteroatoms. The van der Waals surface area contributed by atoms with Crippen molar-refractivity contribution in [1.29, 1.82) is 0 Å². The molecule has 0 aliphatic heterocycles. The number of hydrogen-bond donors (Lipinski definition) is 1. The lowest BCUT2D eigenvalue weighted by Gasteiger charge is -2.12. The maximum atomic E-state index is 9.16. The second-order valence-electron chi connectivity index (χ2n) is 4.95.